The Balaban J connectivity index is 1.74. The number of aryl methyl sites for hydroxylation is 1. The lowest BCUT2D eigenvalue weighted by Crippen LogP contribution is -2.22. The van der Waals surface area contributed by atoms with Crippen molar-refractivity contribution in [2.24, 2.45) is 5.10 Å². The van der Waals surface area contributed by atoms with Crippen molar-refractivity contribution in [1.82, 2.24) is 9.66 Å². The van der Waals surface area contributed by atoms with E-state index in [0.717, 1.165) is 4.47 Å². The summed E-state index contributed by atoms with van der Waals surface area (Å²) < 4.78 is 27.5. The molecule has 0 aliphatic heterocycles. The molecule has 0 N–H and O–H groups in total. The molecule has 0 fully saturated rings. The molecule has 0 radical (unpaired) electrons. The van der Waals surface area contributed by atoms with E-state index in [1.807, 2.05) is 13.0 Å². The lowest BCUT2D eigenvalue weighted by Gasteiger charge is -2.14. The van der Waals surface area contributed by atoms with Crippen LogP contribution in [-0.2, 0) is 13.0 Å². The van der Waals surface area contributed by atoms with Crippen LogP contribution in [0.4, 0.5) is 4.39 Å². The van der Waals surface area contributed by atoms with E-state index in [2.05, 4.69) is 26.0 Å². The fraction of sp³-hybridized carbons (Fsp3) is 0.160. The normalized spacial score (nSPS) is 11.3. The van der Waals surface area contributed by atoms with Gasteiger partial charge in [-0.05, 0) is 36.4 Å². The van der Waals surface area contributed by atoms with Crippen LogP contribution >= 0.6 is 15.9 Å². The van der Waals surface area contributed by atoms with Crippen LogP contribution in [0.5, 0.6) is 11.5 Å². The third kappa shape index (κ3) is 4.80. The summed E-state index contributed by atoms with van der Waals surface area (Å²) in [7, 11) is 1.52. The van der Waals surface area contributed by atoms with Gasteiger partial charge in [-0.25, -0.2) is 9.37 Å². The summed E-state index contributed by atoms with van der Waals surface area (Å²) in [6.07, 6.45) is 2.04. The van der Waals surface area contributed by atoms with Crippen molar-refractivity contribution in [3.05, 3.63) is 98.3 Å². The highest BCUT2D eigenvalue weighted by Gasteiger charge is 2.13. The Morgan fingerprint density at radius 1 is 1.15 bits per heavy atom. The van der Waals surface area contributed by atoms with Crippen LogP contribution in [-0.4, -0.2) is 23.0 Å². The van der Waals surface area contributed by atoms with Crippen molar-refractivity contribution < 1.29 is 13.9 Å². The van der Waals surface area contributed by atoms with Crippen molar-refractivity contribution >= 4 is 33.0 Å². The molecule has 0 saturated carbocycles. The van der Waals surface area contributed by atoms with Crippen LogP contribution in [0.15, 0.2) is 75.0 Å². The predicted octanol–water partition coefficient (Wildman–Crippen LogP) is 5.33. The number of aromatic nitrogens is 2. The average Bonchev–Trinajstić information content (AvgIpc) is 2.83. The Bertz CT molecular complexity index is 1400. The van der Waals surface area contributed by atoms with Gasteiger partial charge in [-0.3, -0.25) is 4.79 Å². The molecule has 168 valence electrons. The second-order valence-corrected chi connectivity index (χ2v) is 8.08. The maximum atomic E-state index is 14.0. The molecule has 0 atom stereocenters. The zero-order valence-corrected chi connectivity index (χ0v) is 19.7. The van der Waals surface area contributed by atoms with Crippen molar-refractivity contribution in [1.29, 1.82) is 0 Å². The molecule has 4 aromatic rings. The highest BCUT2D eigenvalue weighted by Crippen LogP contribution is 2.31. The number of rotatable bonds is 7. The Labute approximate surface area is 198 Å². The van der Waals surface area contributed by atoms with Gasteiger partial charge in [0.1, 0.15) is 18.2 Å². The number of methoxy groups -OCH3 is 1. The van der Waals surface area contributed by atoms with Gasteiger partial charge in [-0.2, -0.15) is 9.78 Å². The van der Waals surface area contributed by atoms with Crippen LogP contribution < -0.4 is 15.0 Å². The lowest BCUT2D eigenvalue weighted by molar-refractivity contribution is 0.279. The number of hydrogen-bond donors (Lipinski definition) is 0. The summed E-state index contributed by atoms with van der Waals surface area (Å²) in [5, 5.41) is 4.89. The first-order valence-electron chi connectivity index (χ1n) is 10.3. The van der Waals surface area contributed by atoms with E-state index in [4.69, 9.17) is 9.47 Å². The van der Waals surface area contributed by atoms with Crippen molar-refractivity contribution in [3.63, 3.8) is 0 Å². The third-order valence-electron chi connectivity index (χ3n) is 5.06. The summed E-state index contributed by atoms with van der Waals surface area (Å²) in [6.45, 7) is 1.92. The van der Waals surface area contributed by atoms with E-state index in [-0.39, 0.29) is 18.0 Å². The van der Waals surface area contributed by atoms with Crippen LogP contribution in [0, 0.1) is 5.82 Å². The van der Waals surface area contributed by atoms with Gasteiger partial charge in [-0.1, -0.05) is 47.1 Å². The zero-order chi connectivity index (χ0) is 23.4. The highest BCUT2D eigenvalue weighted by molar-refractivity contribution is 9.10. The summed E-state index contributed by atoms with van der Waals surface area (Å²) in [6, 6.07) is 17.1. The van der Waals surface area contributed by atoms with Crippen LogP contribution in [0.1, 0.15) is 23.9 Å². The summed E-state index contributed by atoms with van der Waals surface area (Å²) in [5.41, 5.74) is 1.34. The van der Waals surface area contributed by atoms with Gasteiger partial charge in [0.25, 0.3) is 5.56 Å². The Hall–Kier alpha value is -3.52. The number of fused-ring (bicyclic) bond motifs is 1. The minimum atomic E-state index is -0.352. The predicted molar refractivity (Wildman–Crippen MR) is 130 cm³/mol. The maximum absolute atomic E-state index is 14.0. The molecule has 0 aliphatic carbocycles. The largest absolute Gasteiger partial charge is 0.493 e. The molecule has 0 bridgehead atoms. The first kappa shape index (κ1) is 22.7. The molecule has 1 heterocycles. The smallest absolute Gasteiger partial charge is 0.282 e. The molecular formula is C25H21BrFN3O3. The molecule has 1 aromatic heterocycles. The molecule has 4 rings (SSSR count). The van der Waals surface area contributed by atoms with Crippen LogP contribution in [0.2, 0.25) is 0 Å². The highest BCUT2D eigenvalue weighted by atomic mass is 79.9. The molecule has 0 unspecified atom stereocenters. The first-order valence-corrected chi connectivity index (χ1v) is 11.1. The van der Waals surface area contributed by atoms with Crippen LogP contribution in [0.3, 0.4) is 0 Å². The molecule has 0 aliphatic rings. The van der Waals surface area contributed by atoms with Crippen molar-refractivity contribution in [2.75, 3.05) is 7.11 Å². The van der Waals surface area contributed by atoms with Crippen molar-refractivity contribution in [2.45, 2.75) is 20.0 Å². The minimum Gasteiger partial charge on any atom is -0.493 e. The van der Waals surface area contributed by atoms with Gasteiger partial charge in [0.05, 0.1) is 24.2 Å². The molecule has 8 heteroatoms. The van der Waals surface area contributed by atoms with E-state index >= 15 is 0 Å². The summed E-state index contributed by atoms with van der Waals surface area (Å²) in [5.74, 6) is 1.05. The monoisotopic (exact) mass is 509 g/mol. The number of para-hydroxylation sites is 1. The first-order chi connectivity index (χ1) is 16.0. The SMILES string of the molecule is CCc1nc2ccc(Br)cc2c(=O)n1N=Cc1cccc(OC)c1OCc1ccccc1F. The Morgan fingerprint density at radius 2 is 1.97 bits per heavy atom. The van der Waals surface area contributed by atoms with E-state index in [0.29, 0.717) is 45.8 Å². The van der Waals surface area contributed by atoms with E-state index in [9.17, 15) is 9.18 Å². The molecule has 33 heavy (non-hydrogen) atoms. The molecule has 3 aromatic carbocycles. The summed E-state index contributed by atoms with van der Waals surface area (Å²) in [4.78, 5) is 17.7. The number of hydrogen-bond acceptors (Lipinski definition) is 5. The fourth-order valence-corrected chi connectivity index (χ4v) is 3.74. The Morgan fingerprint density at radius 3 is 2.73 bits per heavy atom. The number of nitrogens with zero attached hydrogens (tertiary/aromatic N) is 3. The van der Waals surface area contributed by atoms with Gasteiger partial charge in [0.15, 0.2) is 11.5 Å². The number of halogens is 2. The second kappa shape index (κ2) is 9.95. The molecular weight excluding hydrogens is 489 g/mol. The number of ether oxygens (including phenoxy) is 2. The van der Waals surface area contributed by atoms with Gasteiger partial charge >= 0.3 is 0 Å². The standard InChI is InChI=1S/C25H21BrFN3O3/c1-3-23-29-21-12-11-18(26)13-19(21)25(31)30(23)28-14-16-8-6-10-22(32-2)24(16)33-15-17-7-4-5-9-20(17)27/h4-14H,3,15H2,1-2H3. The molecule has 0 amide bonds. The van der Waals surface area contributed by atoms with Crippen LogP contribution in [0.25, 0.3) is 10.9 Å². The van der Waals surface area contributed by atoms with Gasteiger partial charge < -0.3 is 9.47 Å². The Kier molecular flexibility index (Phi) is 6.84. The topological polar surface area (TPSA) is 65.7 Å². The van der Waals surface area contributed by atoms with E-state index in [1.54, 1.807) is 48.5 Å². The van der Waals surface area contributed by atoms with E-state index < -0.39 is 0 Å². The lowest BCUT2D eigenvalue weighted by atomic mass is 10.2. The maximum Gasteiger partial charge on any atom is 0.282 e. The van der Waals surface area contributed by atoms with Gasteiger partial charge in [0.2, 0.25) is 0 Å². The van der Waals surface area contributed by atoms with Crippen molar-refractivity contribution in [3.8, 4) is 11.5 Å². The minimum absolute atomic E-state index is 0.0135. The molecule has 0 spiro atoms. The fourth-order valence-electron chi connectivity index (χ4n) is 3.38. The zero-order valence-electron chi connectivity index (χ0n) is 18.1. The molecule has 0 saturated heterocycles. The molecule has 6 nitrogen and oxygen atoms in total. The average molecular weight is 510 g/mol. The number of benzene rings is 3. The third-order valence-corrected chi connectivity index (χ3v) is 5.56. The van der Waals surface area contributed by atoms with Gasteiger partial charge in [-0.15, -0.1) is 0 Å². The summed E-state index contributed by atoms with van der Waals surface area (Å²) >= 11 is 3.40. The van der Waals surface area contributed by atoms with Gasteiger partial charge in [0, 0.05) is 22.0 Å². The quantitative estimate of drug-likeness (QED) is 0.316. The van der Waals surface area contributed by atoms with E-state index in [1.165, 1.54) is 24.1 Å². The second-order valence-electron chi connectivity index (χ2n) is 7.16.